The van der Waals surface area contributed by atoms with E-state index in [1.54, 1.807) is 30.3 Å². The number of nitrogens with zero attached hydrogens (tertiary/aromatic N) is 2. The lowest BCUT2D eigenvalue weighted by molar-refractivity contribution is -0.384. The summed E-state index contributed by atoms with van der Waals surface area (Å²) in [5, 5.41) is 10.8. The summed E-state index contributed by atoms with van der Waals surface area (Å²) in [6.07, 6.45) is 4.10. The third-order valence-corrected chi connectivity index (χ3v) is 6.33. The van der Waals surface area contributed by atoms with Crippen molar-refractivity contribution in [2.75, 3.05) is 6.79 Å². The average Bonchev–Trinajstić information content (AvgIpc) is 3.51. The van der Waals surface area contributed by atoms with Gasteiger partial charge in [-0.25, -0.2) is 14.6 Å². The van der Waals surface area contributed by atoms with Crippen LogP contribution in [0.2, 0.25) is 0 Å². The molecule has 0 bridgehead atoms. The number of ether oxygens (including phenoxy) is 4. The highest BCUT2D eigenvalue weighted by Crippen LogP contribution is 2.36. The van der Waals surface area contributed by atoms with Gasteiger partial charge >= 0.3 is 11.9 Å². The Morgan fingerprint density at radius 2 is 1.82 bits per heavy atom. The van der Waals surface area contributed by atoms with Crippen molar-refractivity contribution in [1.82, 2.24) is 0 Å². The number of nitro groups is 1. The molecule has 0 atom stereocenters. The van der Waals surface area contributed by atoms with E-state index in [2.05, 4.69) is 36.9 Å². The maximum absolute atomic E-state index is 12.6. The Bertz CT molecular complexity index is 1580. The van der Waals surface area contributed by atoms with E-state index < -0.39 is 16.9 Å². The standard InChI is InChI=1S/C26H14Br2N2O8/c27-17-9-16(10-20-26(32)38-25(29-20)15-4-7-21-22(11-15)36-13-35-21)24(19(28)12-17)37-23(31)8-3-14-1-5-18(6-2-14)30(33)34/h1-12H,13H2/b8-3+,20-10+. The van der Waals surface area contributed by atoms with E-state index in [-0.39, 0.29) is 29.8 Å². The zero-order valence-electron chi connectivity index (χ0n) is 19.1. The molecule has 3 aromatic carbocycles. The fourth-order valence-electron chi connectivity index (χ4n) is 3.51. The molecule has 0 spiro atoms. The molecule has 0 aliphatic carbocycles. The third-order valence-electron chi connectivity index (χ3n) is 5.29. The van der Waals surface area contributed by atoms with Crippen LogP contribution in [0.15, 0.2) is 80.3 Å². The molecule has 3 aromatic rings. The van der Waals surface area contributed by atoms with Gasteiger partial charge in [-0.1, -0.05) is 15.9 Å². The summed E-state index contributed by atoms with van der Waals surface area (Å²) in [7, 11) is 0. The number of benzene rings is 3. The Labute approximate surface area is 231 Å². The molecule has 5 rings (SSSR count). The number of hydrogen-bond acceptors (Lipinski definition) is 9. The number of cyclic esters (lactones) is 1. The van der Waals surface area contributed by atoms with E-state index in [4.69, 9.17) is 18.9 Å². The smallest absolute Gasteiger partial charge is 0.363 e. The van der Waals surface area contributed by atoms with Crippen molar-refractivity contribution in [3.63, 3.8) is 0 Å². The van der Waals surface area contributed by atoms with Gasteiger partial charge in [0.05, 0.1) is 9.40 Å². The molecule has 0 saturated heterocycles. The van der Waals surface area contributed by atoms with Gasteiger partial charge in [-0.15, -0.1) is 0 Å². The van der Waals surface area contributed by atoms with Gasteiger partial charge in [-0.05, 0) is 76.1 Å². The number of non-ortho nitro benzene ring substituents is 1. The molecule has 0 aromatic heterocycles. The van der Waals surface area contributed by atoms with Crippen molar-refractivity contribution < 1.29 is 33.5 Å². The van der Waals surface area contributed by atoms with Crippen molar-refractivity contribution >= 4 is 67.5 Å². The van der Waals surface area contributed by atoms with Crippen LogP contribution in [-0.2, 0) is 14.3 Å². The molecular weight excluding hydrogens is 628 g/mol. The van der Waals surface area contributed by atoms with Crippen LogP contribution in [0, 0.1) is 10.1 Å². The van der Waals surface area contributed by atoms with Crippen LogP contribution in [0.1, 0.15) is 16.7 Å². The number of aliphatic imine (C=N–C) groups is 1. The molecule has 190 valence electrons. The molecule has 2 aliphatic rings. The summed E-state index contributed by atoms with van der Waals surface area (Å²) < 4.78 is 22.7. The molecule has 0 fully saturated rings. The lowest BCUT2D eigenvalue weighted by Crippen LogP contribution is -2.06. The molecule has 10 nitrogen and oxygen atoms in total. The van der Waals surface area contributed by atoms with Crippen LogP contribution in [-0.4, -0.2) is 29.6 Å². The predicted octanol–water partition coefficient (Wildman–Crippen LogP) is 5.81. The number of carbonyl (C=O) groups is 2. The third kappa shape index (κ3) is 5.50. The van der Waals surface area contributed by atoms with Crippen molar-refractivity contribution in [2.24, 2.45) is 4.99 Å². The minimum absolute atomic E-state index is 0.00128. The van der Waals surface area contributed by atoms with Gasteiger partial charge in [0.2, 0.25) is 12.7 Å². The van der Waals surface area contributed by atoms with E-state index in [0.717, 1.165) is 0 Å². The number of halogens is 2. The zero-order valence-corrected chi connectivity index (χ0v) is 22.2. The Kier molecular flexibility index (Phi) is 7.07. The summed E-state index contributed by atoms with van der Waals surface area (Å²) >= 11 is 6.78. The van der Waals surface area contributed by atoms with E-state index in [9.17, 15) is 19.7 Å². The van der Waals surface area contributed by atoms with Crippen LogP contribution in [0.5, 0.6) is 17.2 Å². The highest BCUT2D eigenvalue weighted by Gasteiger charge is 2.27. The largest absolute Gasteiger partial charge is 0.454 e. The van der Waals surface area contributed by atoms with Crippen molar-refractivity contribution in [1.29, 1.82) is 0 Å². The van der Waals surface area contributed by atoms with Gasteiger partial charge < -0.3 is 18.9 Å². The second-order valence-electron chi connectivity index (χ2n) is 7.81. The number of hydrogen-bond donors (Lipinski definition) is 0. The Hall–Kier alpha value is -4.29. The first kappa shape index (κ1) is 25.4. The minimum atomic E-state index is -0.704. The first-order valence-corrected chi connectivity index (χ1v) is 12.4. The van der Waals surface area contributed by atoms with Gasteiger partial charge in [0.15, 0.2) is 22.9 Å². The molecule has 2 heterocycles. The quantitative estimate of drug-likeness (QED) is 0.108. The van der Waals surface area contributed by atoms with Crippen LogP contribution in [0.25, 0.3) is 12.2 Å². The van der Waals surface area contributed by atoms with E-state index in [1.807, 2.05) is 0 Å². The zero-order chi connectivity index (χ0) is 26.8. The van der Waals surface area contributed by atoms with Gasteiger partial charge in [0.1, 0.15) is 0 Å². The lowest BCUT2D eigenvalue weighted by Gasteiger charge is -2.09. The molecule has 0 N–H and O–H groups in total. The molecule has 38 heavy (non-hydrogen) atoms. The van der Waals surface area contributed by atoms with Gasteiger partial charge in [-0.2, -0.15) is 0 Å². The molecular formula is C26H14Br2N2O8. The SMILES string of the molecule is O=C(/C=C/c1ccc([N+](=O)[O-])cc1)Oc1c(Br)cc(Br)cc1/C=C1/N=C(c2ccc3c(c2)OCO3)OC1=O. The average molecular weight is 642 g/mol. The number of rotatable bonds is 6. The second kappa shape index (κ2) is 10.6. The van der Waals surface area contributed by atoms with Crippen LogP contribution in [0.3, 0.4) is 0 Å². The Morgan fingerprint density at radius 3 is 2.58 bits per heavy atom. The molecule has 2 aliphatic heterocycles. The van der Waals surface area contributed by atoms with Crippen molar-refractivity contribution in [3.8, 4) is 17.2 Å². The molecule has 0 amide bonds. The van der Waals surface area contributed by atoms with Gasteiger partial charge in [0.25, 0.3) is 5.69 Å². The molecule has 0 unspecified atom stereocenters. The van der Waals surface area contributed by atoms with E-state index >= 15 is 0 Å². The number of fused-ring (bicyclic) bond motifs is 1. The monoisotopic (exact) mass is 640 g/mol. The number of esters is 2. The topological polar surface area (TPSA) is 127 Å². The fraction of sp³-hybridized carbons (Fsp3) is 0.0385. The van der Waals surface area contributed by atoms with Gasteiger partial charge in [-0.3, -0.25) is 10.1 Å². The summed E-state index contributed by atoms with van der Waals surface area (Å²) in [5.41, 5.74) is 1.43. The highest BCUT2D eigenvalue weighted by molar-refractivity contribution is 9.11. The summed E-state index contributed by atoms with van der Waals surface area (Å²) in [4.78, 5) is 39.8. The second-order valence-corrected chi connectivity index (χ2v) is 9.58. The highest BCUT2D eigenvalue weighted by atomic mass is 79.9. The normalized spacial score (nSPS) is 15.1. The molecule has 12 heteroatoms. The summed E-state index contributed by atoms with van der Waals surface area (Å²) in [6.45, 7) is 0.110. The minimum Gasteiger partial charge on any atom is -0.454 e. The maximum Gasteiger partial charge on any atom is 0.363 e. The van der Waals surface area contributed by atoms with Crippen molar-refractivity contribution in [2.45, 2.75) is 0 Å². The van der Waals surface area contributed by atoms with Crippen molar-refractivity contribution in [3.05, 3.63) is 102 Å². The Balaban J connectivity index is 1.39. The van der Waals surface area contributed by atoms with E-state index in [0.29, 0.717) is 37.1 Å². The molecule has 0 radical (unpaired) electrons. The number of nitro benzene ring substituents is 1. The lowest BCUT2D eigenvalue weighted by atomic mass is 10.1. The van der Waals surface area contributed by atoms with Crippen LogP contribution in [0.4, 0.5) is 5.69 Å². The maximum atomic E-state index is 12.6. The first-order valence-electron chi connectivity index (χ1n) is 10.8. The van der Waals surface area contributed by atoms with E-state index in [1.165, 1.54) is 42.5 Å². The molecule has 0 saturated carbocycles. The van der Waals surface area contributed by atoms with Gasteiger partial charge in [0, 0.05) is 33.8 Å². The Morgan fingerprint density at radius 1 is 1.05 bits per heavy atom. The summed E-state index contributed by atoms with van der Waals surface area (Å²) in [5.74, 6) is -0.0291. The number of carbonyl (C=O) groups excluding carboxylic acids is 2. The fourth-order valence-corrected chi connectivity index (χ4v) is 4.85. The van der Waals surface area contributed by atoms with Crippen LogP contribution >= 0.6 is 31.9 Å². The predicted molar refractivity (Wildman–Crippen MR) is 143 cm³/mol. The first-order chi connectivity index (χ1) is 18.3. The summed E-state index contributed by atoms with van der Waals surface area (Å²) in [6, 6.07) is 14.1. The van der Waals surface area contributed by atoms with Crippen LogP contribution < -0.4 is 14.2 Å².